The van der Waals surface area contributed by atoms with Gasteiger partial charge in [0.2, 0.25) is 0 Å². The van der Waals surface area contributed by atoms with Crippen LogP contribution >= 0.6 is 0 Å². The zero-order valence-electron chi connectivity index (χ0n) is 15.9. The molecule has 8 nitrogen and oxygen atoms in total. The van der Waals surface area contributed by atoms with E-state index in [1.54, 1.807) is 0 Å². The van der Waals surface area contributed by atoms with E-state index in [1.165, 1.54) is 0 Å². The summed E-state index contributed by atoms with van der Waals surface area (Å²) >= 11 is 0. The highest BCUT2D eigenvalue weighted by Gasteiger charge is 2.26. The molecule has 0 bridgehead atoms. The molecule has 0 spiro atoms. The summed E-state index contributed by atoms with van der Waals surface area (Å²) in [5.41, 5.74) is 0. The fourth-order valence-corrected chi connectivity index (χ4v) is 3.98. The van der Waals surface area contributed by atoms with Crippen LogP contribution in [0.25, 0.3) is 0 Å². The molecule has 0 aliphatic carbocycles. The number of rotatable bonds is 8. The fourth-order valence-electron chi connectivity index (χ4n) is 3.98. The van der Waals surface area contributed by atoms with Crippen molar-refractivity contribution in [3.05, 3.63) is 11.6 Å². The van der Waals surface area contributed by atoms with Gasteiger partial charge in [-0.25, -0.2) is 0 Å². The van der Waals surface area contributed by atoms with Gasteiger partial charge in [-0.1, -0.05) is 0 Å². The maximum absolute atomic E-state index is 9.65. The predicted octanol–water partition coefficient (Wildman–Crippen LogP) is -0.0399. The fraction of sp³-hybridized carbons (Fsp3) is 0.889. The van der Waals surface area contributed by atoms with Crippen molar-refractivity contribution >= 4 is 0 Å². The first-order valence-electron chi connectivity index (χ1n) is 9.87. The Hall–Kier alpha value is -1.06. The van der Waals surface area contributed by atoms with Crippen molar-refractivity contribution in [1.82, 2.24) is 24.6 Å². The number of aliphatic hydroxyl groups excluding tert-OH is 2. The van der Waals surface area contributed by atoms with Crippen molar-refractivity contribution < 1.29 is 14.9 Å². The van der Waals surface area contributed by atoms with Crippen molar-refractivity contribution in [3.63, 3.8) is 0 Å². The number of hydrogen-bond acceptors (Lipinski definition) is 7. The van der Waals surface area contributed by atoms with Crippen LogP contribution in [0.3, 0.4) is 0 Å². The number of hydrogen-bond donors (Lipinski definition) is 2. The summed E-state index contributed by atoms with van der Waals surface area (Å²) in [5, 5.41) is 27.4. The molecule has 2 N–H and O–H groups in total. The van der Waals surface area contributed by atoms with Gasteiger partial charge in [0.15, 0.2) is 0 Å². The van der Waals surface area contributed by atoms with Crippen LogP contribution in [0.15, 0.2) is 0 Å². The Morgan fingerprint density at radius 3 is 2.65 bits per heavy atom. The smallest absolute Gasteiger partial charge is 0.146 e. The number of piperidine rings is 2. The SMILES string of the molecule is Cn1c(CN2CCC(O)CC2)nnc1C1CCCN(CCOCCO)C1. The van der Waals surface area contributed by atoms with Gasteiger partial charge in [-0.3, -0.25) is 4.90 Å². The Labute approximate surface area is 155 Å². The summed E-state index contributed by atoms with van der Waals surface area (Å²) in [6, 6.07) is 0. The molecule has 3 heterocycles. The molecule has 26 heavy (non-hydrogen) atoms. The molecule has 0 radical (unpaired) electrons. The highest BCUT2D eigenvalue weighted by atomic mass is 16.5. The van der Waals surface area contributed by atoms with Gasteiger partial charge in [0.1, 0.15) is 11.6 Å². The molecular weight excluding hydrogens is 334 g/mol. The highest BCUT2D eigenvalue weighted by molar-refractivity contribution is 5.04. The monoisotopic (exact) mass is 367 g/mol. The molecule has 0 aromatic carbocycles. The molecule has 1 aromatic rings. The van der Waals surface area contributed by atoms with E-state index in [-0.39, 0.29) is 12.7 Å². The van der Waals surface area contributed by atoms with Gasteiger partial charge in [0, 0.05) is 39.1 Å². The van der Waals surface area contributed by atoms with E-state index in [2.05, 4.69) is 31.6 Å². The molecule has 8 heteroatoms. The van der Waals surface area contributed by atoms with Crippen molar-refractivity contribution in [1.29, 1.82) is 0 Å². The third-order valence-corrected chi connectivity index (χ3v) is 5.58. The normalized spacial score (nSPS) is 23.6. The quantitative estimate of drug-likeness (QED) is 0.624. The second kappa shape index (κ2) is 9.75. The van der Waals surface area contributed by atoms with E-state index < -0.39 is 0 Å². The van der Waals surface area contributed by atoms with Gasteiger partial charge in [0.05, 0.1) is 32.5 Å². The largest absolute Gasteiger partial charge is 0.394 e. The maximum Gasteiger partial charge on any atom is 0.146 e. The number of likely N-dealkylation sites (tertiary alicyclic amines) is 2. The minimum Gasteiger partial charge on any atom is -0.394 e. The van der Waals surface area contributed by atoms with E-state index in [9.17, 15) is 5.11 Å². The molecule has 0 saturated carbocycles. The second-order valence-electron chi connectivity index (χ2n) is 7.52. The van der Waals surface area contributed by atoms with Gasteiger partial charge in [0.25, 0.3) is 0 Å². The zero-order chi connectivity index (χ0) is 18.4. The lowest BCUT2D eigenvalue weighted by Crippen LogP contribution is -2.38. The van der Waals surface area contributed by atoms with E-state index in [4.69, 9.17) is 9.84 Å². The lowest BCUT2D eigenvalue weighted by molar-refractivity contribution is 0.0666. The number of ether oxygens (including phenoxy) is 1. The van der Waals surface area contributed by atoms with Crippen LogP contribution < -0.4 is 0 Å². The van der Waals surface area contributed by atoms with Gasteiger partial charge in [-0.05, 0) is 32.2 Å². The van der Waals surface area contributed by atoms with Crippen LogP contribution in [-0.2, 0) is 18.3 Å². The Balaban J connectivity index is 1.53. The Morgan fingerprint density at radius 2 is 1.88 bits per heavy atom. The minimum absolute atomic E-state index is 0.0837. The van der Waals surface area contributed by atoms with E-state index in [0.717, 1.165) is 76.6 Å². The molecule has 0 amide bonds. The predicted molar refractivity (Wildman–Crippen MR) is 97.8 cm³/mol. The van der Waals surface area contributed by atoms with Crippen LogP contribution in [0.2, 0.25) is 0 Å². The molecule has 2 aliphatic heterocycles. The molecule has 3 rings (SSSR count). The van der Waals surface area contributed by atoms with Gasteiger partial charge < -0.3 is 24.4 Å². The minimum atomic E-state index is -0.143. The topological polar surface area (TPSA) is 86.9 Å². The number of nitrogens with zero attached hydrogens (tertiary/aromatic N) is 5. The molecule has 2 saturated heterocycles. The maximum atomic E-state index is 9.65. The van der Waals surface area contributed by atoms with Gasteiger partial charge in [-0.2, -0.15) is 0 Å². The lowest BCUT2D eigenvalue weighted by atomic mass is 9.97. The first kappa shape index (κ1) is 19.7. The van der Waals surface area contributed by atoms with Crippen molar-refractivity contribution in [2.45, 2.75) is 44.2 Å². The van der Waals surface area contributed by atoms with Crippen LogP contribution in [0.4, 0.5) is 0 Å². The average molecular weight is 367 g/mol. The number of aliphatic hydroxyl groups is 2. The highest BCUT2D eigenvalue weighted by Crippen LogP contribution is 2.26. The van der Waals surface area contributed by atoms with Gasteiger partial charge >= 0.3 is 0 Å². The Bertz CT molecular complexity index is 545. The summed E-state index contributed by atoms with van der Waals surface area (Å²) in [7, 11) is 2.08. The summed E-state index contributed by atoms with van der Waals surface area (Å²) in [6.07, 6.45) is 3.87. The molecule has 2 fully saturated rings. The van der Waals surface area contributed by atoms with E-state index in [0.29, 0.717) is 19.1 Å². The van der Waals surface area contributed by atoms with Crippen molar-refractivity contribution in [2.24, 2.45) is 7.05 Å². The second-order valence-corrected chi connectivity index (χ2v) is 7.52. The van der Waals surface area contributed by atoms with Crippen LogP contribution in [0, 0.1) is 0 Å². The number of aromatic nitrogens is 3. The summed E-state index contributed by atoms with van der Waals surface area (Å²) in [5.74, 6) is 2.51. The summed E-state index contributed by atoms with van der Waals surface area (Å²) in [6.45, 7) is 6.81. The third kappa shape index (κ3) is 5.23. The summed E-state index contributed by atoms with van der Waals surface area (Å²) in [4.78, 5) is 4.78. The summed E-state index contributed by atoms with van der Waals surface area (Å²) < 4.78 is 7.57. The molecule has 2 aliphatic rings. The average Bonchev–Trinajstić information content (AvgIpc) is 3.01. The van der Waals surface area contributed by atoms with Crippen LogP contribution in [0.5, 0.6) is 0 Å². The third-order valence-electron chi connectivity index (χ3n) is 5.58. The standard InChI is InChI=1S/C18H33N5O3/c1-21-17(14-23-7-4-16(25)5-8-23)19-20-18(21)15-3-2-6-22(13-15)9-11-26-12-10-24/h15-16,24-25H,2-14H2,1H3. The molecule has 1 unspecified atom stereocenters. The Kier molecular flexibility index (Phi) is 7.39. The van der Waals surface area contributed by atoms with Crippen molar-refractivity contribution in [3.8, 4) is 0 Å². The first-order valence-corrected chi connectivity index (χ1v) is 9.87. The van der Waals surface area contributed by atoms with Gasteiger partial charge in [-0.15, -0.1) is 10.2 Å². The van der Waals surface area contributed by atoms with Crippen LogP contribution in [-0.4, -0.2) is 93.4 Å². The van der Waals surface area contributed by atoms with Crippen LogP contribution in [0.1, 0.15) is 43.3 Å². The molecular formula is C18H33N5O3. The Morgan fingerprint density at radius 1 is 1.08 bits per heavy atom. The molecule has 148 valence electrons. The lowest BCUT2D eigenvalue weighted by Gasteiger charge is -2.32. The molecule has 1 aromatic heterocycles. The molecule has 1 atom stereocenters. The first-order chi connectivity index (χ1) is 12.7. The van der Waals surface area contributed by atoms with E-state index >= 15 is 0 Å². The zero-order valence-corrected chi connectivity index (χ0v) is 15.9. The van der Waals surface area contributed by atoms with Crippen molar-refractivity contribution in [2.75, 3.05) is 52.5 Å². The van der Waals surface area contributed by atoms with E-state index in [1.807, 2.05) is 0 Å².